The van der Waals surface area contributed by atoms with Crippen LogP contribution in [0, 0.1) is 5.82 Å². The number of rotatable bonds is 6. The van der Waals surface area contributed by atoms with E-state index in [4.69, 9.17) is 14.2 Å². The smallest absolute Gasteiger partial charge is 0.195 e. The molecule has 1 saturated heterocycles. The van der Waals surface area contributed by atoms with Gasteiger partial charge in [0.2, 0.25) is 0 Å². The highest BCUT2D eigenvalue weighted by Crippen LogP contribution is 2.29. The Hall–Kier alpha value is -3.00. The van der Waals surface area contributed by atoms with Gasteiger partial charge in [-0.25, -0.2) is 4.39 Å². The van der Waals surface area contributed by atoms with E-state index in [2.05, 4.69) is 15.6 Å². The lowest BCUT2D eigenvalue weighted by molar-refractivity contribution is 0.122. The lowest BCUT2D eigenvalue weighted by atomic mass is 10.1. The Balaban J connectivity index is 1.61. The number of nitrogens with one attached hydrogen (secondary N) is 2. The van der Waals surface area contributed by atoms with Gasteiger partial charge >= 0.3 is 0 Å². The van der Waals surface area contributed by atoms with Crippen molar-refractivity contribution in [1.82, 2.24) is 5.32 Å². The maximum atomic E-state index is 14.6. The Labute approximate surface area is 170 Å². The lowest BCUT2D eigenvalue weighted by Gasteiger charge is -2.29. The van der Waals surface area contributed by atoms with Gasteiger partial charge in [-0.1, -0.05) is 6.07 Å². The van der Waals surface area contributed by atoms with E-state index in [0.29, 0.717) is 56.0 Å². The van der Waals surface area contributed by atoms with E-state index in [1.807, 2.05) is 35.2 Å². The molecule has 0 aromatic heterocycles. The Morgan fingerprint density at radius 1 is 1.10 bits per heavy atom. The second-order valence-corrected chi connectivity index (χ2v) is 6.51. The fraction of sp³-hybridized carbons (Fsp3) is 0.381. The zero-order chi connectivity index (χ0) is 20.6. The highest BCUT2D eigenvalue weighted by molar-refractivity contribution is 5.93. The minimum Gasteiger partial charge on any atom is -0.493 e. The average Bonchev–Trinajstić information content (AvgIpc) is 2.77. The number of guanidine groups is 1. The van der Waals surface area contributed by atoms with Gasteiger partial charge in [0.1, 0.15) is 5.82 Å². The number of methoxy groups -OCH3 is 2. The molecule has 0 radical (unpaired) electrons. The molecule has 0 unspecified atom stereocenters. The summed E-state index contributed by atoms with van der Waals surface area (Å²) in [7, 11) is 4.86. The first-order valence-electron chi connectivity index (χ1n) is 9.45. The number of hydrogen-bond donors (Lipinski definition) is 2. The predicted octanol–water partition coefficient (Wildman–Crippen LogP) is 2.87. The molecule has 0 atom stereocenters. The molecule has 0 spiro atoms. The molecule has 29 heavy (non-hydrogen) atoms. The van der Waals surface area contributed by atoms with Crippen LogP contribution in [0.25, 0.3) is 0 Å². The molecule has 156 valence electrons. The fourth-order valence-electron chi connectivity index (χ4n) is 3.14. The molecule has 0 saturated carbocycles. The van der Waals surface area contributed by atoms with Crippen molar-refractivity contribution in [2.24, 2.45) is 4.99 Å². The van der Waals surface area contributed by atoms with Gasteiger partial charge in [0.25, 0.3) is 0 Å². The molecule has 0 aliphatic carbocycles. The van der Waals surface area contributed by atoms with Gasteiger partial charge < -0.3 is 29.7 Å². The Bertz CT molecular complexity index is 854. The number of ether oxygens (including phenoxy) is 3. The molecule has 2 aromatic rings. The van der Waals surface area contributed by atoms with Crippen LogP contribution in [0.2, 0.25) is 0 Å². The summed E-state index contributed by atoms with van der Waals surface area (Å²) in [6, 6.07) is 10.8. The van der Waals surface area contributed by atoms with Gasteiger partial charge in [-0.05, 0) is 29.8 Å². The van der Waals surface area contributed by atoms with Crippen LogP contribution in [-0.4, -0.2) is 53.5 Å². The summed E-state index contributed by atoms with van der Waals surface area (Å²) in [5.74, 6) is 1.61. The quantitative estimate of drug-likeness (QED) is 0.572. The van der Waals surface area contributed by atoms with Gasteiger partial charge in [0, 0.05) is 38.4 Å². The molecule has 3 rings (SSSR count). The van der Waals surface area contributed by atoms with Crippen LogP contribution < -0.4 is 25.0 Å². The van der Waals surface area contributed by atoms with Crippen LogP contribution >= 0.6 is 0 Å². The molecule has 8 heteroatoms. The van der Waals surface area contributed by atoms with E-state index in [9.17, 15) is 4.39 Å². The first-order valence-corrected chi connectivity index (χ1v) is 9.45. The molecule has 1 aliphatic rings. The summed E-state index contributed by atoms with van der Waals surface area (Å²) < 4.78 is 30.5. The second kappa shape index (κ2) is 9.97. The van der Waals surface area contributed by atoms with Gasteiger partial charge in [0.15, 0.2) is 17.5 Å². The number of anilines is 2. The summed E-state index contributed by atoms with van der Waals surface area (Å²) in [6.45, 7) is 3.10. The SMILES string of the molecule is CN=C(NCc1ccc(N2CCOCC2)c(F)c1)Nc1ccc(OC)c(OC)c1. The molecule has 1 aliphatic heterocycles. The van der Waals surface area contributed by atoms with E-state index in [1.54, 1.807) is 27.3 Å². The highest BCUT2D eigenvalue weighted by atomic mass is 19.1. The number of halogens is 1. The fourth-order valence-corrected chi connectivity index (χ4v) is 3.14. The van der Waals surface area contributed by atoms with Crippen molar-refractivity contribution in [2.45, 2.75) is 6.54 Å². The van der Waals surface area contributed by atoms with Gasteiger partial charge in [-0.15, -0.1) is 0 Å². The van der Waals surface area contributed by atoms with Gasteiger partial charge in [-0.2, -0.15) is 0 Å². The van der Waals surface area contributed by atoms with Gasteiger partial charge in [-0.3, -0.25) is 4.99 Å². The standard InChI is InChI=1S/C21H27FN4O3/c1-23-21(25-16-5-7-19(27-2)20(13-16)28-3)24-14-15-4-6-18(17(22)12-15)26-8-10-29-11-9-26/h4-7,12-13H,8-11,14H2,1-3H3,(H2,23,24,25). The third kappa shape index (κ3) is 5.29. The van der Waals surface area contributed by atoms with Gasteiger partial charge in [0.05, 0.1) is 33.1 Å². The van der Waals surface area contributed by atoms with Crippen molar-refractivity contribution in [3.05, 3.63) is 47.8 Å². The van der Waals surface area contributed by atoms with Crippen LogP contribution in [0.15, 0.2) is 41.4 Å². The van der Waals surface area contributed by atoms with Crippen LogP contribution in [0.5, 0.6) is 11.5 Å². The lowest BCUT2D eigenvalue weighted by Crippen LogP contribution is -2.36. The molecule has 1 fully saturated rings. The second-order valence-electron chi connectivity index (χ2n) is 6.51. The molecule has 0 bridgehead atoms. The topological polar surface area (TPSA) is 67.4 Å². The third-order valence-corrected chi connectivity index (χ3v) is 4.69. The molecule has 7 nitrogen and oxygen atoms in total. The normalized spacial score (nSPS) is 14.5. The molecule has 0 amide bonds. The van der Waals surface area contributed by atoms with E-state index in [0.717, 1.165) is 11.3 Å². The number of aliphatic imine (C=N–C) groups is 1. The van der Waals surface area contributed by atoms with E-state index >= 15 is 0 Å². The zero-order valence-electron chi connectivity index (χ0n) is 17.0. The molecular formula is C21H27FN4O3. The monoisotopic (exact) mass is 402 g/mol. The molecular weight excluding hydrogens is 375 g/mol. The van der Waals surface area contributed by atoms with Crippen molar-refractivity contribution in [3.63, 3.8) is 0 Å². The van der Waals surface area contributed by atoms with Crippen molar-refractivity contribution < 1.29 is 18.6 Å². The predicted molar refractivity (Wildman–Crippen MR) is 113 cm³/mol. The maximum Gasteiger partial charge on any atom is 0.195 e. The maximum absolute atomic E-state index is 14.6. The minimum absolute atomic E-state index is 0.228. The Morgan fingerprint density at radius 3 is 2.52 bits per heavy atom. The van der Waals surface area contributed by atoms with Crippen LogP contribution in [-0.2, 0) is 11.3 Å². The highest BCUT2D eigenvalue weighted by Gasteiger charge is 2.15. The summed E-state index contributed by atoms with van der Waals surface area (Å²) in [6.07, 6.45) is 0. The van der Waals surface area contributed by atoms with E-state index in [-0.39, 0.29) is 5.82 Å². The largest absolute Gasteiger partial charge is 0.493 e. The number of nitrogens with zero attached hydrogens (tertiary/aromatic N) is 2. The molecule has 2 N–H and O–H groups in total. The van der Waals surface area contributed by atoms with Crippen LogP contribution in [0.1, 0.15) is 5.56 Å². The van der Waals surface area contributed by atoms with Crippen molar-refractivity contribution in [2.75, 3.05) is 57.8 Å². The zero-order valence-corrected chi connectivity index (χ0v) is 17.0. The van der Waals surface area contributed by atoms with Crippen molar-refractivity contribution in [1.29, 1.82) is 0 Å². The minimum atomic E-state index is -0.228. The number of benzene rings is 2. The van der Waals surface area contributed by atoms with Crippen molar-refractivity contribution >= 4 is 17.3 Å². The average molecular weight is 402 g/mol. The Kier molecular flexibility index (Phi) is 7.13. The number of hydrogen-bond acceptors (Lipinski definition) is 5. The summed E-state index contributed by atoms with van der Waals surface area (Å²) in [5, 5.41) is 6.38. The summed E-state index contributed by atoms with van der Waals surface area (Å²) in [5.41, 5.74) is 2.24. The summed E-state index contributed by atoms with van der Waals surface area (Å²) in [4.78, 5) is 6.22. The van der Waals surface area contributed by atoms with E-state index < -0.39 is 0 Å². The first kappa shape index (κ1) is 20.7. The Morgan fingerprint density at radius 2 is 1.86 bits per heavy atom. The van der Waals surface area contributed by atoms with E-state index in [1.165, 1.54) is 0 Å². The van der Waals surface area contributed by atoms with Crippen LogP contribution in [0.3, 0.4) is 0 Å². The molecule has 2 aromatic carbocycles. The summed E-state index contributed by atoms with van der Waals surface area (Å²) >= 11 is 0. The first-order chi connectivity index (χ1) is 14.1. The number of morpholine rings is 1. The van der Waals surface area contributed by atoms with Crippen LogP contribution in [0.4, 0.5) is 15.8 Å². The third-order valence-electron chi connectivity index (χ3n) is 4.69. The molecule has 1 heterocycles. The van der Waals surface area contributed by atoms with Crippen molar-refractivity contribution in [3.8, 4) is 11.5 Å².